The van der Waals surface area contributed by atoms with Gasteiger partial charge in [0.25, 0.3) is 0 Å². The first-order valence-electron chi connectivity index (χ1n) is 9.10. The molecule has 0 unspecified atom stereocenters. The molecule has 2 atom stereocenters. The number of nitrogens with zero attached hydrogens (tertiary/aromatic N) is 4. The minimum Gasteiger partial charge on any atom is -0.339 e. The van der Waals surface area contributed by atoms with Crippen molar-refractivity contribution in [3.05, 3.63) is 18.0 Å². The maximum Gasteiger partial charge on any atom is 0.224 e. The molecule has 24 heavy (non-hydrogen) atoms. The maximum atomic E-state index is 12.8. The van der Waals surface area contributed by atoms with E-state index in [1.807, 2.05) is 33.8 Å². The number of hydrogen-bond donors (Lipinski definition) is 0. The fourth-order valence-electron chi connectivity index (χ4n) is 4.08. The molecule has 2 amide bonds. The molecule has 0 bridgehead atoms. The minimum atomic E-state index is 0.0805. The zero-order valence-corrected chi connectivity index (χ0v) is 14.8. The van der Waals surface area contributed by atoms with Gasteiger partial charge in [-0.1, -0.05) is 0 Å². The standard InChI is InChI=1S/C18H28N4O2/c1-14-11-19-20(12-14)13-17-7-5-9-22(17)18(24)10-16-6-3-4-8-21(16)15(2)23/h11-12,16-17H,3-10,13H2,1-2H3/t16-,17+/m1/s1. The smallest absolute Gasteiger partial charge is 0.224 e. The fourth-order valence-corrected chi connectivity index (χ4v) is 4.08. The Labute approximate surface area is 143 Å². The van der Waals surface area contributed by atoms with E-state index in [-0.39, 0.29) is 23.9 Å². The molecule has 0 aromatic carbocycles. The average Bonchev–Trinajstić information content (AvgIpc) is 3.17. The number of carbonyl (C=O) groups is 2. The van der Waals surface area contributed by atoms with Crippen LogP contribution in [0.4, 0.5) is 0 Å². The minimum absolute atomic E-state index is 0.0805. The number of aromatic nitrogens is 2. The van der Waals surface area contributed by atoms with E-state index in [2.05, 4.69) is 5.10 Å². The van der Waals surface area contributed by atoms with Crippen LogP contribution in [0, 0.1) is 6.92 Å². The fraction of sp³-hybridized carbons (Fsp3) is 0.722. The van der Waals surface area contributed by atoms with E-state index >= 15 is 0 Å². The maximum absolute atomic E-state index is 12.8. The molecular weight excluding hydrogens is 304 g/mol. The van der Waals surface area contributed by atoms with Crippen molar-refractivity contribution < 1.29 is 9.59 Å². The third kappa shape index (κ3) is 3.79. The van der Waals surface area contributed by atoms with E-state index in [1.165, 1.54) is 0 Å². The Morgan fingerprint density at radius 3 is 2.58 bits per heavy atom. The van der Waals surface area contributed by atoms with E-state index in [0.29, 0.717) is 6.42 Å². The van der Waals surface area contributed by atoms with Crippen LogP contribution in [0.3, 0.4) is 0 Å². The predicted octanol–water partition coefficient (Wildman–Crippen LogP) is 1.97. The highest BCUT2D eigenvalue weighted by molar-refractivity contribution is 5.79. The number of hydrogen-bond acceptors (Lipinski definition) is 3. The molecule has 0 spiro atoms. The van der Waals surface area contributed by atoms with E-state index in [1.54, 1.807) is 6.92 Å². The summed E-state index contributed by atoms with van der Waals surface area (Å²) in [5, 5.41) is 4.35. The Morgan fingerprint density at radius 1 is 1.12 bits per heavy atom. The normalized spacial score (nSPS) is 24.4. The Kier molecular flexibility index (Phi) is 5.21. The second-order valence-electron chi connectivity index (χ2n) is 7.19. The molecule has 2 saturated heterocycles. The first-order chi connectivity index (χ1) is 11.5. The van der Waals surface area contributed by atoms with Gasteiger partial charge in [-0.15, -0.1) is 0 Å². The topological polar surface area (TPSA) is 58.4 Å². The molecule has 3 rings (SSSR count). The van der Waals surface area contributed by atoms with Gasteiger partial charge in [0.15, 0.2) is 0 Å². The third-order valence-corrected chi connectivity index (χ3v) is 5.30. The van der Waals surface area contributed by atoms with Gasteiger partial charge < -0.3 is 9.80 Å². The number of rotatable bonds is 4. The third-order valence-electron chi connectivity index (χ3n) is 5.30. The molecule has 0 N–H and O–H groups in total. The molecule has 2 fully saturated rings. The molecular formula is C18H28N4O2. The van der Waals surface area contributed by atoms with Crippen LogP contribution in [0.15, 0.2) is 12.4 Å². The summed E-state index contributed by atoms with van der Waals surface area (Å²) in [6.45, 7) is 6.03. The zero-order chi connectivity index (χ0) is 17.1. The molecule has 0 radical (unpaired) electrons. The van der Waals surface area contributed by atoms with Crippen LogP contribution in [-0.4, -0.2) is 56.6 Å². The lowest BCUT2D eigenvalue weighted by atomic mass is 9.98. The first kappa shape index (κ1) is 17.0. The molecule has 6 nitrogen and oxygen atoms in total. The molecule has 0 saturated carbocycles. The van der Waals surface area contributed by atoms with E-state index < -0.39 is 0 Å². The van der Waals surface area contributed by atoms with Gasteiger partial charge in [0.2, 0.25) is 11.8 Å². The van der Waals surface area contributed by atoms with Crippen molar-refractivity contribution in [3.8, 4) is 0 Å². The van der Waals surface area contributed by atoms with Gasteiger partial charge in [0, 0.05) is 38.7 Å². The molecule has 6 heteroatoms. The molecule has 1 aromatic rings. The summed E-state index contributed by atoms with van der Waals surface area (Å²) in [6.07, 6.45) is 9.54. The van der Waals surface area contributed by atoms with Crippen molar-refractivity contribution in [1.29, 1.82) is 0 Å². The second kappa shape index (κ2) is 7.36. The van der Waals surface area contributed by atoms with E-state index in [9.17, 15) is 9.59 Å². The number of piperidine rings is 1. The van der Waals surface area contributed by atoms with Crippen molar-refractivity contribution >= 4 is 11.8 Å². The zero-order valence-electron chi connectivity index (χ0n) is 14.8. The quantitative estimate of drug-likeness (QED) is 0.847. The van der Waals surface area contributed by atoms with E-state index in [0.717, 1.165) is 57.3 Å². The van der Waals surface area contributed by atoms with Gasteiger partial charge in [0.05, 0.1) is 18.8 Å². The van der Waals surface area contributed by atoms with Crippen molar-refractivity contribution in [2.45, 2.75) is 71.0 Å². The SMILES string of the molecule is CC(=O)N1CCCC[C@@H]1CC(=O)N1CCC[C@H]1Cn1cc(C)cn1. The summed E-state index contributed by atoms with van der Waals surface area (Å²) in [4.78, 5) is 28.6. The average molecular weight is 332 g/mol. The summed E-state index contributed by atoms with van der Waals surface area (Å²) in [7, 11) is 0. The number of amides is 2. The van der Waals surface area contributed by atoms with Gasteiger partial charge in [-0.05, 0) is 44.6 Å². The summed E-state index contributed by atoms with van der Waals surface area (Å²) < 4.78 is 1.94. The van der Waals surface area contributed by atoms with Crippen molar-refractivity contribution in [3.63, 3.8) is 0 Å². The van der Waals surface area contributed by atoms with E-state index in [4.69, 9.17) is 0 Å². The Balaban J connectivity index is 1.61. The van der Waals surface area contributed by atoms with Gasteiger partial charge >= 0.3 is 0 Å². The Hall–Kier alpha value is -1.85. The highest BCUT2D eigenvalue weighted by Crippen LogP contribution is 2.24. The van der Waals surface area contributed by atoms with Gasteiger partial charge in [-0.3, -0.25) is 14.3 Å². The monoisotopic (exact) mass is 332 g/mol. The lowest BCUT2D eigenvalue weighted by molar-refractivity contribution is -0.137. The van der Waals surface area contributed by atoms with Crippen LogP contribution in [0.1, 0.15) is 51.0 Å². The van der Waals surface area contributed by atoms with Crippen LogP contribution in [-0.2, 0) is 16.1 Å². The van der Waals surface area contributed by atoms with Crippen LogP contribution < -0.4 is 0 Å². The van der Waals surface area contributed by atoms with Crippen molar-refractivity contribution in [2.75, 3.05) is 13.1 Å². The van der Waals surface area contributed by atoms with Crippen molar-refractivity contribution in [2.24, 2.45) is 0 Å². The Morgan fingerprint density at radius 2 is 1.88 bits per heavy atom. The van der Waals surface area contributed by atoms with Crippen molar-refractivity contribution in [1.82, 2.24) is 19.6 Å². The van der Waals surface area contributed by atoms with Gasteiger partial charge in [-0.25, -0.2) is 0 Å². The number of carbonyl (C=O) groups excluding carboxylic acids is 2. The number of aryl methyl sites for hydroxylation is 1. The molecule has 0 aliphatic carbocycles. The summed E-state index contributed by atoms with van der Waals surface area (Å²) in [5.74, 6) is 0.289. The lowest BCUT2D eigenvalue weighted by Crippen LogP contribution is -2.47. The summed E-state index contributed by atoms with van der Waals surface area (Å²) in [6, 6.07) is 0.308. The Bertz CT molecular complexity index is 598. The highest BCUT2D eigenvalue weighted by Gasteiger charge is 2.33. The molecule has 132 valence electrons. The van der Waals surface area contributed by atoms with Crippen LogP contribution in [0.25, 0.3) is 0 Å². The van der Waals surface area contributed by atoms with Gasteiger partial charge in [0.1, 0.15) is 0 Å². The van der Waals surface area contributed by atoms with Crippen LogP contribution >= 0.6 is 0 Å². The van der Waals surface area contributed by atoms with Crippen LogP contribution in [0.5, 0.6) is 0 Å². The summed E-state index contributed by atoms with van der Waals surface area (Å²) in [5.41, 5.74) is 1.14. The molecule has 2 aliphatic heterocycles. The summed E-state index contributed by atoms with van der Waals surface area (Å²) >= 11 is 0. The van der Waals surface area contributed by atoms with Gasteiger partial charge in [-0.2, -0.15) is 5.10 Å². The van der Waals surface area contributed by atoms with Crippen LogP contribution in [0.2, 0.25) is 0 Å². The largest absolute Gasteiger partial charge is 0.339 e. The molecule has 2 aliphatic rings. The number of likely N-dealkylation sites (tertiary alicyclic amines) is 2. The molecule has 3 heterocycles. The second-order valence-corrected chi connectivity index (χ2v) is 7.19. The lowest BCUT2D eigenvalue weighted by Gasteiger charge is -2.36. The first-order valence-corrected chi connectivity index (χ1v) is 9.10. The molecule has 1 aromatic heterocycles. The highest BCUT2D eigenvalue weighted by atomic mass is 16.2. The predicted molar refractivity (Wildman–Crippen MR) is 91.3 cm³/mol.